The van der Waals surface area contributed by atoms with E-state index in [1.165, 1.54) is 0 Å². The molecule has 2 atom stereocenters. The number of hydrogen-bond acceptors (Lipinski definition) is 5. The standard InChI is InChI=1S/C26H39ClN2O5/c1-25(2,3)34-24(32)29-21(19-14-10-7-11-15-19)26(4,5)23(31)28-20(22(30)33-17-27)16-18-12-8-6-9-13-18/h6,8-9,12-13,19-21H,7,10-11,14-17H2,1-5H3,(H,28,31)(H,29,32)/t20-,21?/m0/s1. The molecule has 7 nitrogen and oxygen atoms in total. The number of rotatable bonds is 9. The first-order chi connectivity index (χ1) is 15.9. The molecule has 1 saturated carbocycles. The largest absolute Gasteiger partial charge is 0.448 e. The molecule has 0 spiro atoms. The van der Waals surface area contributed by atoms with Crippen LogP contribution in [0.25, 0.3) is 0 Å². The van der Waals surface area contributed by atoms with Crippen LogP contribution >= 0.6 is 11.6 Å². The molecular formula is C26H39ClN2O5. The Morgan fingerprint density at radius 2 is 1.62 bits per heavy atom. The lowest BCUT2D eigenvalue weighted by Gasteiger charge is -2.41. The van der Waals surface area contributed by atoms with Crippen LogP contribution in [0.15, 0.2) is 30.3 Å². The van der Waals surface area contributed by atoms with Crippen LogP contribution in [0.2, 0.25) is 0 Å². The summed E-state index contributed by atoms with van der Waals surface area (Å²) in [6.07, 6.45) is 4.79. The number of alkyl carbamates (subject to hydrolysis) is 1. The van der Waals surface area contributed by atoms with Crippen molar-refractivity contribution in [2.45, 2.75) is 90.8 Å². The first kappa shape index (κ1) is 28.0. The van der Waals surface area contributed by atoms with Crippen molar-refractivity contribution in [1.82, 2.24) is 10.6 Å². The van der Waals surface area contributed by atoms with Crippen LogP contribution in [0.5, 0.6) is 0 Å². The molecule has 0 bridgehead atoms. The number of halogens is 1. The molecule has 34 heavy (non-hydrogen) atoms. The van der Waals surface area contributed by atoms with Gasteiger partial charge in [-0.05, 0) is 58.9 Å². The second-order valence-electron chi connectivity index (χ2n) is 10.5. The number of hydrogen-bond donors (Lipinski definition) is 2. The third kappa shape index (κ3) is 8.49. The predicted octanol–water partition coefficient (Wildman–Crippen LogP) is 4.95. The molecule has 1 aliphatic carbocycles. The van der Waals surface area contributed by atoms with Crippen LogP contribution in [0.3, 0.4) is 0 Å². The Bertz CT molecular complexity index is 816. The third-order valence-electron chi connectivity index (χ3n) is 6.23. The number of alkyl halides is 1. The Balaban J connectivity index is 2.24. The molecule has 0 saturated heterocycles. The first-order valence-electron chi connectivity index (χ1n) is 12.0. The van der Waals surface area contributed by atoms with Gasteiger partial charge in [0.15, 0.2) is 6.07 Å². The van der Waals surface area contributed by atoms with Gasteiger partial charge in [0.1, 0.15) is 11.6 Å². The summed E-state index contributed by atoms with van der Waals surface area (Å²) in [5.41, 5.74) is -0.776. The van der Waals surface area contributed by atoms with Crippen molar-refractivity contribution in [3.63, 3.8) is 0 Å². The van der Waals surface area contributed by atoms with E-state index in [0.717, 1.165) is 37.7 Å². The number of esters is 1. The molecule has 2 rings (SSSR count). The van der Waals surface area contributed by atoms with Gasteiger partial charge in [-0.1, -0.05) is 61.2 Å². The number of ether oxygens (including phenoxy) is 2. The highest BCUT2D eigenvalue weighted by molar-refractivity contribution is 6.17. The van der Waals surface area contributed by atoms with Gasteiger partial charge in [0.25, 0.3) is 0 Å². The Morgan fingerprint density at radius 1 is 1.00 bits per heavy atom. The van der Waals surface area contributed by atoms with Crippen molar-refractivity contribution in [3.05, 3.63) is 35.9 Å². The lowest BCUT2D eigenvalue weighted by Crippen LogP contribution is -2.59. The van der Waals surface area contributed by atoms with E-state index in [1.807, 2.05) is 30.3 Å². The molecule has 0 radical (unpaired) electrons. The molecule has 0 aliphatic heterocycles. The van der Waals surface area contributed by atoms with E-state index in [1.54, 1.807) is 34.6 Å². The average Bonchev–Trinajstić information content (AvgIpc) is 2.77. The van der Waals surface area contributed by atoms with Crippen LogP contribution in [-0.4, -0.2) is 41.7 Å². The maximum atomic E-state index is 13.6. The molecule has 1 aliphatic rings. The predicted molar refractivity (Wildman–Crippen MR) is 132 cm³/mol. The van der Waals surface area contributed by atoms with Gasteiger partial charge >= 0.3 is 12.1 Å². The Kier molecular flexibility index (Phi) is 10.2. The summed E-state index contributed by atoms with van der Waals surface area (Å²) >= 11 is 5.61. The van der Waals surface area contributed by atoms with Gasteiger partial charge in [0.05, 0.1) is 5.41 Å². The Hall–Kier alpha value is -2.28. The minimum absolute atomic E-state index is 0.129. The summed E-state index contributed by atoms with van der Waals surface area (Å²) in [7, 11) is 0. The number of carbonyl (C=O) groups is 3. The van der Waals surface area contributed by atoms with Crippen molar-refractivity contribution in [1.29, 1.82) is 0 Å². The number of benzene rings is 1. The minimum Gasteiger partial charge on any atom is -0.448 e. The van der Waals surface area contributed by atoms with Crippen molar-refractivity contribution in [2.75, 3.05) is 6.07 Å². The first-order valence-corrected chi connectivity index (χ1v) is 12.5. The van der Waals surface area contributed by atoms with Gasteiger partial charge in [-0.3, -0.25) is 4.79 Å². The number of carbonyl (C=O) groups excluding carboxylic acids is 3. The molecule has 0 aromatic heterocycles. The van der Waals surface area contributed by atoms with Gasteiger partial charge in [-0.25, -0.2) is 9.59 Å². The zero-order chi connectivity index (χ0) is 25.4. The van der Waals surface area contributed by atoms with Crippen LogP contribution < -0.4 is 10.6 Å². The summed E-state index contributed by atoms with van der Waals surface area (Å²) in [4.78, 5) is 38.9. The molecular weight excluding hydrogens is 456 g/mol. The smallest absolute Gasteiger partial charge is 0.407 e. The van der Waals surface area contributed by atoms with E-state index >= 15 is 0 Å². The van der Waals surface area contributed by atoms with Crippen molar-refractivity contribution < 1.29 is 23.9 Å². The third-order valence-corrected chi connectivity index (χ3v) is 6.33. The minimum atomic E-state index is -1.00. The molecule has 1 fully saturated rings. The Morgan fingerprint density at radius 3 is 2.18 bits per heavy atom. The second-order valence-corrected chi connectivity index (χ2v) is 10.8. The highest BCUT2D eigenvalue weighted by Gasteiger charge is 2.44. The van der Waals surface area contributed by atoms with E-state index in [-0.39, 0.29) is 24.3 Å². The van der Waals surface area contributed by atoms with Gasteiger partial charge in [0.2, 0.25) is 5.91 Å². The van der Waals surface area contributed by atoms with Gasteiger partial charge in [-0.2, -0.15) is 0 Å². The van der Waals surface area contributed by atoms with Crippen molar-refractivity contribution in [2.24, 2.45) is 11.3 Å². The monoisotopic (exact) mass is 494 g/mol. The summed E-state index contributed by atoms with van der Waals surface area (Å²) in [6.45, 7) is 9.00. The van der Waals surface area contributed by atoms with E-state index in [4.69, 9.17) is 21.1 Å². The second kappa shape index (κ2) is 12.4. The lowest BCUT2D eigenvalue weighted by molar-refractivity contribution is -0.147. The summed E-state index contributed by atoms with van der Waals surface area (Å²) in [5, 5.41) is 5.85. The average molecular weight is 495 g/mol. The van der Waals surface area contributed by atoms with Gasteiger partial charge in [-0.15, -0.1) is 0 Å². The van der Waals surface area contributed by atoms with Crippen LogP contribution in [0.4, 0.5) is 4.79 Å². The fourth-order valence-corrected chi connectivity index (χ4v) is 4.58. The van der Waals surface area contributed by atoms with Crippen LogP contribution in [-0.2, 0) is 25.5 Å². The zero-order valence-corrected chi connectivity index (χ0v) is 21.7. The fraction of sp³-hybridized carbons (Fsp3) is 0.654. The van der Waals surface area contributed by atoms with E-state index in [9.17, 15) is 14.4 Å². The molecule has 2 amide bonds. The van der Waals surface area contributed by atoms with Crippen molar-refractivity contribution in [3.8, 4) is 0 Å². The summed E-state index contributed by atoms with van der Waals surface area (Å²) in [6, 6.07) is 7.73. The van der Waals surface area contributed by atoms with Gasteiger partial charge < -0.3 is 20.1 Å². The quantitative estimate of drug-likeness (QED) is 0.374. The van der Waals surface area contributed by atoms with E-state index < -0.39 is 35.2 Å². The van der Waals surface area contributed by atoms with E-state index in [0.29, 0.717) is 0 Å². The molecule has 2 N–H and O–H groups in total. The number of amides is 2. The van der Waals surface area contributed by atoms with Crippen molar-refractivity contribution >= 4 is 29.6 Å². The molecule has 0 heterocycles. The normalized spacial score (nSPS) is 16.8. The maximum absolute atomic E-state index is 13.6. The van der Waals surface area contributed by atoms with Crippen LogP contribution in [0.1, 0.15) is 72.3 Å². The molecule has 1 aromatic rings. The fourth-order valence-electron chi connectivity index (χ4n) is 4.47. The SMILES string of the molecule is CC(C)(C)OC(=O)NC(C1CCCCC1)C(C)(C)C(=O)N[C@@H](Cc1ccccc1)C(=O)OCCl. The maximum Gasteiger partial charge on any atom is 0.407 e. The molecule has 1 unspecified atom stereocenters. The zero-order valence-electron chi connectivity index (χ0n) is 21.0. The summed E-state index contributed by atoms with van der Waals surface area (Å²) in [5.74, 6) is -0.812. The van der Waals surface area contributed by atoms with Gasteiger partial charge in [0, 0.05) is 12.5 Å². The number of nitrogens with one attached hydrogen (secondary N) is 2. The highest BCUT2D eigenvalue weighted by atomic mass is 35.5. The topological polar surface area (TPSA) is 93.7 Å². The highest BCUT2D eigenvalue weighted by Crippen LogP contribution is 2.36. The van der Waals surface area contributed by atoms with E-state index in [2.05, 4.69) is 10.6 Å². The molecule has 190 valence electrons. The Labute approximate surface area is 208 Å². The molecule has 1 aromatic carbocycles. The lowest BCUT2D eigenvalue weighted by atomic mass is 9.71. The van der Waals surface area contributed by atoms with Crippen LogP contribution in [0, 0.1) is 11.3 Å². The molecule has 8 heteroatoms. The summed E-state index contributed by atoms with van der Waals surface area (Å²) < 4.78 is 10.5.